The van der Waals surface area contributed by atoms with E-state index >= 15 is 0 Å². The van der Waals surface area contributed by atoms with Crippen LogP contribution in [0.2, 0.25) is 10.0 Å². The highest BCUT2D eigenvalue weighted by molar-refractivity contribution is 6.42. The molecule has 0 unspecified atom stereocenters. The van der Waals surface area contributed by atoms with E-state index < -0.39 is 17.8 Å². The smallest absolute Gasteiger partial charge is 0.265 e. The SMILES string of the molecule is C[C@@H](Oc1ccc(Cl)c(Cl)c1)C(=O)Nc1ccccc1F. The van der Waals surface area contributed by atoms with E-state index in [1.165, 1.54) is 18.2 Å². The third-order valence-corrected chi connectivity index (χ3v) is 3.44. The van der Waals surface area contributed by atoms with Gasteiger partial charge in [-0.15, -0.1) is 0 Å². The fourth-order valence-corrected chi connectivity index (χ4v) is 1.89. The first-order valence-corrected chi connectivity index (χ1v) is 6.90. The molecule has 2 aromatic carbocycles. The van der Waals surface area contributed by atoms with E-state index in [4.69, 9.17) is 27.9 Å². The molecule has 2 aromatic rings. The molecule has 0 fully saturated rings. The van der Waals surface area contributed by atoms with Crippen LogP contribution in [0.15, 0.2) is 42.5 Å². The van der Waals surface area contributed by atoms with Crippen molar-refractivity contribution in [3.63, 3.8) is 0 Å². The lowest BCUT2D eigenvalue weighted by Crippen LogP contribution is -2.30. The van der Waals surface area contributed by atoms with Crippen LogP contribution in [-0.2, 0) is 4.79 Å². The summed E-state index contributed by atoms with van der Waals surface area (Å²) >= 11 is 11.7. The second kappa shape index (κ2) is 6.78. The number of carbonyl (C=O) groups excluding carboxylic acids is 1. The Labute approximate surface area is 131 Å². The zero-order chi connectivity index (χ0) is 15.4. The van der Waals surface area contributed by atoms with Crippen LogP contribution in [0, 0.1) is 5.82 Å². The fraction of sp³-hybridized carbons (Fsp3) is 0.133. The average Bonchev–Trinajstić information content (AvgIpc) is 2.45. The lowest BCUT2D eigenvalue weighted by molar-refractivity contribution is -0.122. The molecule has 3 nitrogen and oxygen atoms in total. The van der Waals surface area contributed by atoms with Crippen LogP contribution < -0.4 is 10.1 Å². The van der Waals surface area contributed by atoms with Crippen molar-refractivity contribution in [1.82, 2.24) is 0 Å². The predicted octanol–water partition coefficient (Wildman–Crippen LogP) is 4.54. The lowest BCUT2D eigenvalue weighted by Gasteiger charge is -2.15. The summed E-state index contributed by atoms with van der Waals surface area (Å²) in [6.07, 6.45) is -0.818. The van der Waals surface area contributed by atoms with Gasteiger partial charge in [0.05, 0.1) is 15.7 Å². The van der Waals surface area contributed by atoms with Crippen molar-refractivity contribution in [3.8, 4) is 5.75 Å². The Balaban J connectivity index is 2.02. The first kappa shape index (κ1) is 15.6. The van der Waals surface area contributed by atoms with Gasteiger partial charge in [-0.3, -0.25) is 4.79 Å². The number of carbonyl (C=O) groups is 1. The van der Waals surface area contributed by atoms with E-state index in [0.717, 1.165) is 0 Å². The molecule has 1 atom stereocenters. The maximum atomic E-state index is 13.4. The molecule has 2 rings (SSSR count). The highest BCUT2D eigenvalue weighted by atomic mass is 35.5. The van der Waals surface area contributed by atoms with Crippen molar-refractivity contribution in [2.45, 2.75) is 13.0 Å². The van der Waals surface area contributed by atoms with Crippen molar-refractivity contribution in [3.05, 3.63) is 58.3 Å². The zero-order valence-corrected chi connectivity index (χ0v) is 12.6. The maximum absolute atomic E-state index is 13.4. The molecule has 21 heavy (non-hydrogen) atoms. The van der Waals surface area contributed by atoms with Crippen molar-refractivity contribution >= 4 is 34.8 Å². The van der Waals surface area contributed by atoms with Crippen LogP contribution in [0.4, 0.5) is 10.1 Å². The normalized spacial score (nSPS) is 11.8. The summed E-state index contributed by atoms with van der Waals surface area (Å²) in [5.74, 6) is -0.570. The molecule has 6 heteroatoms. The predicted molar refractivity (Wildman–Crippen MR) is 81.6 cm³/mol. The van der Waals surface area contributed by atoms with Gasteiger partial charge in [-0.25, -0.2) is 4.39 Å². The molecule has 0 bridgehead atoms. The van der Waals surface area contributed by atoms with Crippen LogP contribution >= 0.6 is 23.2 Å². The van der Waals surface area contributed by atoms with Crippen molar-refractivity contribution < 1.29 is 13.9 Å². The molecule has 0 aromatic heterocycles. The number of anilines is 1. The number of hydrogen-bond donors (Lipinski definition) is 1. The number of rotatable bonds is 4. The van der Waals surface area contributed by atoms with E-state index in [2.05, 4.69) is 5.32 Å². The Kier molecular flexibility index (Phi) is 5.04. The molecule has 110 valence electrons. The Hall–Kier alpha value is -1.78. The molecule has 0 saturated heterocycles. The van der Waals surface area contributed by atoms with Gasteiger partial charge in [0.25, 0.3) is 5.91 Å². The van der Waals surface area contributed by atoms with Crippen LogP contribution in [0.5, 0.6) is 5.75 Å². The summed E-state index contributed by atoms with van der Waals surface area (Å²) in [6, 6.07) is 10.6. The highest BCUT2D eigenvalue weighted by Gasteiger charge is 2.16. The third kappa shape index (κ3) is 4.09. The summed E-state index contributed by atoms with van der Waals surface area (Å²) in [7, 11) is 0. The van der Waals surface area contributed by atoms with Gasteiger partial charge in [-0.05, 0) is 31.2 Å². The molecule has 0 aliphatic carbocycles. The molecular formula is C15H12Cl2FNO2. The molecule has 0 saturated carbocycles. The number of para-hydroxylation sites is 1. The first-order chi connectivity index (χ1) is 9.97. The lowest BCUT2D eigenvalue weighted by atomic mass is 10.3. The minimum Gasteiger partial charge on any atom is -0.481 e. The van der Waals surface area contributed by atoms with Crippen LogP contribution in [0.3, 0.4) is 0 Å². The quantitative estimate of drug-likeness (QED) is 0.895. The Bertz CT molecular complexity index is 664. The van der Waals surface area contributed by atoms with E-state index in [1.807, 2.05) is 0 Å². The van der Waals surface area contributed by atoms with Crippen LogP contribution in [0.25, 0.3) is 0 Å². The van der Waals surface area contributed by atoms with Gasteiger partial charge in [-0.1, -0.05) is 35.3 Å². The first-order valence-electron chi connectivity index (χ1n) is 6.14. The molecule has 0 spiro atoms. The van der Waals surface area contributed by atoms with Crippen LogP contribution in [-0.4, -0.2) is 12.0 Å². The molecule has 0 heterocycles. The molecular weight excluding hydrogens is 316 g/mol. The monoisotopic (exact) mass is 327 g/mol. The van der Waals surface area contributed by atoms with E-state index in [0.29, 0.717) is 15.8 Å². The van der Waals surface area contributed by atoms with Gasteiger partial charge in [0.2, 0.25) is 0 Å². The average molecular weight is 328 g/mol. The number of nitrogens with one attached hydrogen (secondary N) is 1. The van der Waals surface area contributed by atoms with Crippen molar-refractivity contribution in [2.75, 3.05) is 5.32 Å². The topological polar surface area (TPSA) is 38.3 Å². The number of benzene rings is 2. The highest BCUT2D eigenvalue weighted by Crippen LogP contribution is 2.27. The molecule has 0 aliphatic rings. The van der Waals surface area contributed by atoms with Crippen molar-refractivity contribution in [1.29, 1.82) is 0 Å². The van der Waals surface area contributed by atoms with Gasteiger partial charge >= 0.3 is 0 Å². The van der Waals surface area contributed by atoms with Gasteiger partial charge in [-0.2, -0.15) is 0 Å². The van der Waals surface area contributed by atoms with Gasteiger partial charge in [0.15, 0.2) is 6.10 Å². The molecule has 1 N–H and O–H groups in total. The maximum Gasteiger partial charge on any atom is 0.265 e. The number of hydrogen-bond acceptors (Lipinski definition) is 2. The summed E-state index contributed by atoms with van der Waals surface area (Å²) in [5.41, 5.74) is 0.104. The minimum absolute atomic E-state index is 0.104. The largest absolute Gasteiger partial charge is 0.481 e. The number of halogens is 3. The Morgan fingerprint density at radius 3 is 2.57 bits per heavy atom. The Morgan fingerprint density at radius 1 is 1.19 bits per heavy atom. The molecule has 1 amide bonds. The standard InChI is InChI=1S/C15H12Cl2FNO2/c1-9(21-10-6-7-11(16)12(17)8-10)15(20)19-14-5-3-2-4-13(14)18/h2-9H,1H3,(H,19,20)/t9-/m1/s1. The summed E-state index contributed by atoms with van der Waals surface area (Å²) in [6.45, 7) is 1.55. The summed E-state index contributed by atoms with van der Waals surface area (Å²) < 4.78 is 18.9. The zero-order valence-electron chi connectivity index (χ0n) is 11.1. The summed E-state index contributed by atoms with van der Waals surface area (Å²) in [4.78, 5) is 12.0. The van der Waals surface area contributed by atoms with Crippen LogP contribution in [0.1, 0.15) is 6.92 Å². The Morgan fingerprint density at radius 2 is 1.90 bits per heavy atom. The minimum atomic E-state index is -0.818. The second-order valence-electron chi connectivity index (χ2n) is 4.31. The number of amides is 1. The van der Waals surface area contributed by atoms with Gasteiger partial charge in [0.1, 0.15) is 11.6 Å². The fourth-order valence-electron chi connectivity index (χ4n) is 1.60. The molecule has 0 aliphatic heterocycles. The van der Waals surface area contributed by atoms with E-state index in [9.17, 15) is 9.18 Å². The molecule has 0 radical (unpaired) electrons. The van der Waals surface area contributed by atoms with Crippen molar-refractivity contribution in [2.24, 2.45) is 0 Å². The van der Waals surface area contributed by atoms with E-state index in [-0.39, 0.29) is 5.69 Å². The van der Waals surface area contributed by atoms with Gasteiger partial charge in [0, 0.05) is 6.07 Å². The summed E-state index contributed by atoms with van der Waals surface area (Å²) in [5, 5.41) is 3.18. The van der Waals surface area contributed by atoms with Gasteiger partial charge < -0.3 is 10.1 Å². The number of ether oxygens (including phenoxy) is 1. The second-order valence-corrected chi connectivity index (χ2v) is 5.12. The third-order valence-electron chi connectivity index (χ3n) is 2.70. The van der Waals surface area contributed by atoms with E-state index in [1.54, 1.807) is 31.2 Å².